The number of allylic oxidation sites excluding steroid dienone is 4. The predicted octanol–water partition coefficient (Wildman–Crippen LogP) is 2.14. The molecule has 8 heavy (non-hydrogen) atoms. The molecule has 0 fully saturated rings. The van der Waals surface area contributed by atoms with Crippen molar-refractivity contribution in [1.82, 2.24) is 0 Å². The van der Waals surface area contributed by atoms with Crippen molar-refractivity contribution in [2.45, 2.75) is 13.3 Å². The fourth-order valence-corrected chi connectivity index (χ4v) is 0.750. The minimum absolute atomic E-state index is 0. The van der Waals surface area contributed by atoms with Crippen LogP contribution in [-0.4, -0.2) is 0 Å². The molecule has 0 amide bonds. The van der Waals surface area contributed by atoms with Gasteiger partial charge in [0.2, 0.25) is 0 Å². The molecule has 0 atom stereocenters. The van der Waals surface area contributed by atoms with Crippen LogP contribution in [0.3, 0.4) is 0 Å². The summed E-state index contributed by atoms with van der Waals surface area (Å²) in [6, 6.07) is 0. The third kappa shape index (κ3) is 2.09. The molecular weight excluding hydrogens is 175 g/mol. The van der Waals surface area contributed by atoms with Crippen LogP contribution in [0.2, 0.25) is 0 Å². The van der Waals surface area contributed by atoms with Crippen molar-refractivity contribution in [2.75, 3.05) is 0 Å². The van der Waals surface area contributed by atoms with Crippen LogP contribution >= 0.6 is 0 Å². The van der Waals surface area contributed by atoms with E-state index in [9.17, 15) is 0 Å². The summed E-state index contributed by atoms with van der Waals surface area (Å²) in [6.07, 6.45) is 9.90. The summed E-state index contributed by atoms with van der Waals surface area (Å²) < 4.78 is 0. The zero-order valence-corrected chi connectivity index (χ0v) is 7.55. The van der Waals surface area contributed by atoms with Gasteiger partial charge in [0.05, 0.1) is 0 Å². The molecule has 0 nitrogen and oxygen atoms in total. The summed E-state index contributed by atoms with van der Waals surface area (Å²) in [5, 5.41) is 0. The van der Waals surface area contributed by atoms with E-state index in [1.165, 1.54) is 6.42 Å². The summed E-state index contributed by atoms with van der Waals surface area (Å²) in [5.74, 6) is 0.736. The monoisotopic (exact) mass is 184 g/mol. The molecule has 1 rings (SSSR count). The third-order valence-corrected chi connectivity index (χ3v) is 1.30. The molecule has 0 saturated carbocycles. The molecule has 0 N–H and O–H groups in total. The Morgan fingerprint density at radius 1 is 1.25 bits per heavy atom. The zero-order chi connectivity index (χ0) is 5.11. The van der Waals surface area contributed by atoms with Gasteiger partial charge < -0.3 is 0 Å². The first-order chi connectivity index (χ1) is 3.43. The molecule has 1 aliphatic rings. The molecule has 0 spiro atoms. The van der Waals surface area contributed by atoms with E-state index in [0.29, 0.717) is 0 Å². The number of hydrogen-bond acceptors (Lipinski definition) is 0. The van der Waals surface area contributed by atoms with E-state index in [0.717, 1.165) is 5.92 Å². The van der Waals surface area contributed by atoms with Crippen molar-refractivity contribution >= 4 is 0 Å². The van der Waals surface area contributed by atoms with Crippen LogP contribution in [-0.2, 0) is 26.2 Å². The topological polar surface area (TPSA) is 0 Å². The van der Waals surface area contributed by atoms with Gasteiger partial charge in [0.25, 0.3) is 0 Å². The fourth-order valence-electron chi connectivity index (χ4n) is 0.750. The van der Waals surface area contributed by atoms with Gasteiger partial charge in [0.15, 0.2) is 0 Å². The van der Waals surface area contributed by atoms with Gasteiger partial charge in [0, 0.05) is 26.2 Å². The second kappa shape index (κ2) is 4.26. The Kier molecular flexibility index (Phi) is 4.46. The maximum absolute atomic E-state index is 2.22. The van der Waals surface area contributed by atoms with Gasteiger partial charge in [-0.05, 0) is 12.3 Å². The first-order valence-corrected chi connectivity index (χ1v) is 2.78. The SMILES string of the molecule is CCC1C=CC=C1.[Zr]. The molecule has 0 aromatic rings. The van der Waals surface area contributed by atoms with Crippen molar-refractivity contribution in [3.05, 3.63) is 24.3 Å². The van der Waals surface area contributed by atoms with Gasteiger partial charge in [-0.1, -0.05) is 31.2 Å². The Morgan fingerprint density at radius 3 is 2.00 bits per heavy atom. The molecule has 0 aliphatic heterocycles. The van der Waals surface area contributed by atoms with Gasteiger partial charge >= 0.3 is 0 Å². The Bertz CT molecular complexity index is 91.0. The van der Waals surface area contributed by atoms with Crippen LogP contribution in [0, 0.1) is 5.92 Å². The van der Waals surface area contributed by atoms with Crippen molar-refractivity contribution in [3.63, 3.8) is 0 Å². The first-order valence-electron chi connectivity index (χ1n) is 2.78. The summed E-state index contributed by atoms with van der Waals surface area (Å²) in [7, 11) is 0. The molecule has 0 unspecified atom stereocenters. The predicted molar refractivity (Wildman–Crippen MR) is 32.1 cm³/mol. The van der Waals surface area contributed by atoms with E-state index >= 15 is 0 Å². The normalized spacial score (nSPS) is 16.6. The molecule has 1 aliphatic carbocycles. The molecule has 1 heteroatoms. The largest absolute Gasteiger partial charge is 0.0776 e. The van der Waals surface area contributed by atoms with Gasteiger partial charge in [-0.25, -0.2) is 0 Å². The quantitative estimate of drug-likeness (QED) is 0.587. The zero-order valence-electron chi connectivity index (χ0n) is 5.09. The van der Waals surface area contributed by atoms with Crippen molar-refractivity contribution in [1.29, 1.82) is 0 Å². The molecule has 42 valence electrons. The van der Waals surface area contributed by atoms with E-state index < -0.39 is 0 Å². The van der Waals surface area contributed by atoms with Gasteiger partial charge in [-0.15, -0.1) is 0 Å². The molecule has 0 heterocycles. The van der Waals surface area contributed by atoms with Crippen LogP contribution in [0.15, 0.2) is 24.3 Å². The molecule has 0 aromatic heterocycles. The second-order valence-corrected chi connectivity index (χ2v) is 1.84. The first kappa shape index (κ1) is 8.36. The Hall–Kier alpha value is 0.363. The average Bonchev–Trinajstić information content (AvgIpc) is 2.14. The van der Waals surface area contributed by atoms with Crippen LogP contribution in [0.5, 0.6) is 0 Å². The molecular formula is C7H10Zr. The van der Waals surface area contributed by atoms with Crippen LogP contribution in [0.1, 0.15) is 13.3 Å². The van der Waals surface area contributed by atoms with E-state index in [1.54, 1.807) is 0 Å². The van der Waals surface area contributed by atoms with E-state index in [-0.39, 0.29) is 26.2 Å². The standard InChI is InChI=1S/C7H10.Zr/c1-2-7-5-3-4-6-7;/h3-7H,2H2,1H3;. The Balaban J connectivity index is 0.000000490. The minimum atomic E-state index is 0. The average molecular weight is 185 g/mol. The fraction of sp³-hybridized carbons (Fsp3) is 0.429. The van der Waals surface area contributed by atoms with E-state index in [1.807, 2.05) is 0 Å². The Labute approximate surface area is 69.8 Å². The van der Waals surface area contributed by atoms with Crippen LogP contribution in [0.25, 0.3) is 0 Å². The Morgan fingerprint density at radius 2 is 1.75 bits per heavy atom. The molecule has 0 saturated heterocycles. The minimum Gasteiger partial charge on any atom is -0.0776 e. The number of rotatable bonds is 1. The summed E-state index contributed by atoms with van der Waals surface area (Å²) in [4.78, 5) is 0. The number of hydrogen-bond donors (Lipinski definition) is 0. The summed E-state index contributed by atoms with van der Waals surface area (Å²) in [6.45, 7) is 2.20. The van der Waals surface area contributed by atoms with Crippen LogP contribution < -0.4 is 0 Å². The maximum Gasteiger partial charge on any atom is 0 e. The molecule has 0 aromatic carbocycles. The van der Waals surface area contributed by atoms with Gasteiger partial charge in [-0.2, -0.15) is 0 Å². The summed E-state index contributed by atoms with van der Waals surface area (Å²) >= 11 is 0. The second-order valence-electron chi connectivity index (χ2n) is 1.84. The third-order valence-electron chi connectivity index (χ3n) is 1.30. The van der Waals surface area contributed by atoms with Gasteiger partial charge in [0.1, 0.15) is 0 Å². The molecule has 0 radical (unpaired) electrons. The van der Waals surface area contributed by atoms with E-state index in [4.69, 9.17) is 0 Å². The summed E-state index contributed by atoms with van der Waals surface area (Å²) in [5.41, 5.74) is 0. The van der Waals surface area contributed by atoms with E-state index in [2.05, 4.69) is 31.2 Å². The van der Waals surface area contributed by atoms with Crippen molar-refractivity contribution < 1.29 is 26.2 Å². The van der Waals surface area contributed by atoms with Gasteiger partial charge in [-0.3, -0.25) is 0 Å². The van der Waals surface area contributed by atoms with Crippen molar-refractivity contribution in [3.8, 4) is 0 Å². The molecule has 0 bridgehead atoms. The smallest absolute Gasteiger partial charge is 0 e. The van der Waals surface area contributed by atoms with Crippen molar-refractivity contribution in [2.24, 2.45) is 5.92 Å². The maximum atomic E-state index is 2.22. The van der Waals surface area contributed by atoms with Crippen LogP contribution in [0.4, 0.5) is 0 Å².